The molecule has 0 spiro atoms. The van der Waals surface area contributed by atoms with Crippen LogP contribution in [0.2, 0.25) is 17.6 Å². The van der Waals surface area contributed by atoms with Crippen molar-refractivity contribution in [2.24, 2.45) is 0 Å². The van der Waals surface area contributed by atoms with Gasteiger partial charge in [0.2, 0.25) is 8.32 Å². The summed E-state index contributed by atoms with van der Waals surface area (Å²) in [4.78, 5) is 0. The van der Waals surface area contributed by atoms with Gasteiger partial charge in [-0.1, -0.05) is 27.7 Å². The Labute approximate surface area is 89.1 Å². The molecule has 0 bridgehead atoms. The van der Waals surface area contributed by atoms with E-state index in [2.05, 4.69) is 13.8 Å². The second-order valence-corrected chi connectivity index (χ2v) is 10.9. The third-order valence-electron chi connectivity index (χ3n) is 2.90. The first-order valence-corrected chi connectivity index (χ1v) is 9.24. The van der Waals surface area contributed by atoms with E-state index in [0.29, 0.717) is 5.54 Å². The Kier molecular flexibility index (Phi) is 5.32. The standard InChI is InChI=1S/C9H22O3SSi/c1-6-13(10,11)12-14(7-2,8-3)9(4)5/h9H,6-8H2,1-5H3. The Hall–Kier alpha value is 0.127. The SMILES string of the molecule is CC[Si](CC)(OS(=O)(=O)CC)C(C)C. The molecule has 0 rings (SSSR count). The van der Waals surface area contributed by atoms with E-state index in [1.54, 1.807) is 6.92 Å². The van der Waals surface area contributed by atoms with Crippen LogP contribution in [-0.2, 0) is 14.0 Å². The van der Waals surface area contributed by atoms with Crippen molar-refractivity contribution in [3.63, 3.8) is 0 Å². The third kappa shape index (κ3) is 3.36. The van der Waals surface area contributed by atoms with Crippen molar-refractivity contribution in [2.75, 3.05) is 5.75 Å². The second kappa shape index (κ2) is 5.28. The summed E-state index contributed by atoms with van der Waals surface area (Å²) in [6, 6.07) is 1.72. The third-order valence-corrected chi connectivity index (χ3v) is 10.4. The Bertz CT molecular complexity index is 255. The van der Waals surface area contributed by atoms with E-state index in [0.717, 1.165) is 12.1 Å². The zero-order chi connectivity index (χ0) is 11.4. The average molecular weight is 238 g/mol. The molecule has 0 saturated heterocycles. The van der Waals surface area contributed by atoms with Gasteiger partial charge in [-0.15, -0.1) is 0 Å². The summed E-state index contributed by atoms with van der Waals surface area (Å²) in [6.45, 7) is 9.80. The summed E-state index contributed by atoms with van der Waals surface area (Å²) < 4.78 is 28.3. The van der Waals surface area contributed by atoms with E-state index in [1.807, 2.05) is 13.8 Å². The maximum atomic E-state index is 11.4. The minimum Gasteiger partial charge on any atom is -0.314 e. The van der Waals surface area contributed by atoms with Crippen LogP contribution in [0.15, 0.2) is 0 Å². The lowest BCUT2D eigenvalue weighted by Crippen LogP contribution is -2.42. The number of hydrogen-bond acceptors (Lipinski definition) is 3. The minimum atomic E-state index is -3.28. The first kappa shape index (κ1) is 14.1. The zero-order valence-corrected chi connectivity index (χ0v) is 11.6. The van der Waals surface area contributed by atoms with Gasteiger partial charge in [0.15, 0.2) is 0 Å². The van der Waals surface area contributed by atoms with Gasteiger partial charge in [-0.25, -0.2) is 8.42 Å². The molecule has 0 aliphatic carbocycles. The predicted octanol–water partition coefficient (Wildman–Crippen LogP) is 2.75. The van der Waals surface area contributed by atoms with Gasteiger partial charge in [0.05, 0.1) is 5.75 Å². The molecule has 0 N–H and O–H groups in total. The molecular formula is C9H22O3SSi. The van der Waals surface area contributed by atoms with Crippen molar-refractivity contribution >= 4 is 18.4 Å². The summed E-state index contributed by atoms with van der Waals surface area (Å²) in [6.07, 6.45) is 0. The van der Waals surface area contributed by atoms with Gasteiger partial charge in [-0.3, -0.25) is 0 Å². The van der Waals surface area contributed by atoms with Gasteiger partial charge in [0, 0.05) is 0 Å². The first-order chi connectivity index (χ1) is 6.33. The smallest absolute Gasteiger partial charge is 0.257 e. The maximum Gasteiger partial charge on any atom is 0.257 e. The number of rotatable bonds is 6. The molecule has 0 amide bonds. The van der Waals surface area contributed by atoms with Crippen LogP contribution >= 0.6 is 0 Å². The molecule has 3 nitrogen and oxygen atoms in total. The molecule has 86 valence electrons. The molecular weight excluding hydrogens is 216 g/mol. The summed E-state index contributed by atoms with van der Waals surface area (Å²) in [5.74, 6) is 0.0778. The molecule has 0 aliphatic heterocycles. The monoisotopic (exact) mass is 238 g/mol. The van der Waals surface area contributed by atoms with E-state index < -0.39 is 18.4 Å². The predicted molar refractivity (Wildman–Crippen MR) is 62.4 cm³/mol. The van der Waals surface area contributed by atoms with E-state index >= 15 is 0 Å². The summed E-state index contributed by atoms with van der Waals surface area (Å²) in [7, 11) is -5.35. The summed E-state index contributed by atoms with van der Waals surface area (Å²) >= 11 is 0. The van der Waals surface area contributed by atoms with Crippen molar-refractivity contribution in [3.8, 4) is 0 Å². The Morgan fingerprint density at radius 3 is 1.79 bits per heavy atom. The minimum absolute atomic E-state index is 0.0778. The lowest BCUT2D eigenvalue weighted by Gasteiger charge is -2.31. The molecule has 0 unspecified atom stereocenters. The van der Waals surface area contributed by atoms with Crippen LogP contribution < -0.4 is 0 Å². The van der Waals surface area contributed by atoms with Crippen molar-refractivity contribution in [1.29, 1.82) is 0 Å². The van der Waals surface area contributed by atoms with Gasteiger partial charge in [0.1, 0.15) is 0 Å². The van der Waals surface area contributed by atoms with Crippen LogP contribution in [0.3, 0.4) is 0 Å². The van der Waals surface area contributed by atoms with Crippen LogP contribution in [0.1, 0.15) is 34.6 Å². The van der Waals surface area contributed by atoms with E-state index in [9.17, 15) is 8.42 Å². The highest BCUT2D eigenvalue weighted by Gasteiger charge is 2.39. The summed E-state index contributed by atoms with van der Waals surface area (Å²) in [5, 5.41) is 0. The molecule has 0 atom stereocenters. The maximum absolute atomic E-state index is 11.4. The fraction of sp³-hybridized carbons (Fsp3) is 1.00. The van der Waals surface area contributed by atoms with Gasteiger partial charge < -0.3 is 3.87 Å². The molecule has 5 heteroatoms. The second-order valence-electron chi connectivity index (χ2n) is 3.86. The van der Waals surface area contributed by atoms with Crippen LogP contribution in [-0.4, -0.2) is 22.5 Å². The fourth-order valence-electron chi connectivity index (χ4n) is 1.59. The first-order valence-electron chi connectivity index (χ1n) is 5.26. The molecule has 0 heterocycles. The van der Waals surface area contributed by atoms with Crippen LogP contribution in [0.4, 0.5) is 0 Å². The Morgan fingerprint density at radius 2 is 1.57 bits per heavy atom. The lowest BCUT2D eigenvalue weighted by atomic mass is 10.6. The highest BCUT2D eigenvalue weighted by Crippen LogP contribution is 2.31. The van der Waals surface area contributed by atoms with Gasteiger partial charge in [-0.05, 0) is 24.6 Å². The zero-order valence-electron chi connectivity index (χ0n) is 9.83. The van der Waals surface area contributed by atoms with Crippen LogP contribution in [0.25, 0.3) is 0 Å². The summed E-state index contributed by atoms with van der Waals surface area (Å²) in [5.41, 5.74) is 0.346. The van der Waals surface area contributed by atoms with E-state index in [-0.39, 0.29) is 5.75 Å². The highest BCUT2D eigenvalue weighted by molar-refractivity contribution is 7.87. The van der Waals surface area contributed by atoms with Gasteiger partial charge in [-0.2, -0.15) is 0 Å². The molecule has 0 aliphatic rings. The number of hydrogen-bond donors (Lipinski definition) is 0. The topological polar surface area (TPSA) is 43.4 Å². The van der Waals surface area contributed by atoms with Crippen molar-refractivity contribution in [2.45, 2.75) is 52.2 Å². The van der Waals surface area contributed by atoms with E-state index in [1.165, 1.54) is 0 Å². The lowest BCUT2D eigenvalue weighted by molar-refractivity contribution is 0.468. The molecule has 0 aromatic rings. The van der Waals surface area contributed by atoms with Crippen LogP contribution in [0, 0.1) is 0 Å². The molecule has 0 aromatic carbocycles. The Balaban J connectivity index is 4.86. The van der Waals surface area contributed by atoms with Gasteiger partial charge in [0.25, 0.3) is 10.1 Å². The van der Waals surface area contributed by atoms with E-state index in [4.69, 9.17) is 3.87 Å². The molecule has 14 heavy (non-hydrogen) atoms. The van der Waals surface area contributed by atoms with Crippen molar-refractivity contribution in [1.82, 2.24) is 0 Å². The Morgan fingerprint density at radius 1 is 1.14 bits per heavy atom. The van der Waals surface area contributed by atoms with Crippen molar-refractivity contribution in [3.05, 3.63) is 0 Å². The molecule has 0 aromatic heterocycles. The molecule has 0 fully saturated rings. The van der Waals surface area contributed by atoms with Crippen LogP contribution in [0.5, 0.6) is 0 Å². The molecule has 0 saturated carbocycles. The molecule has 0 radical (unpaired) electrons. The normalized spacial score (nSPS) is 13.6. The quantitative estimate of drug-likeness (QED) is 0.668. The van der Waals surface area contributed by atoms with Gasteiger partial charge >= 0.3 is 0 Å². The highest BCUT2D eigenvalue weighted by atomic mass is 32.2. The fourth-order valence-corrected chi connectivity index (χ4v) is 7.93. The average Bonchev–Trinajstić information content (AvgIpc) is 2.14. The van der Waals surface area contributed by atoms with Crippen molar-refractivity contribution < 1.29 is 12.3 Å². The largest absolute Gasteiger partial charge is 0.314 e.